The van der Waals surface area contributed by atoms with Crippen molar-refractivity contribution in [1.82, 2.24) is 14.6 Å². The SMILES string of the molecule is c1ccc2cc(-c3ccc(-c4ccc5sc6c(-c7ccc(-c8nnc9c%10ccccc%10c%10ccccc%10n89)cc7)cc(-c7ccc(-c8ccc9ccccc9c8)cc7)cc6c5c4)cc3)ccc2c1. The molecule has 14 rings (SSSR count). The van der Waals surface area contributed by atoms with Gasteiger partial charge in [0.25, 0.3) is 0 Å². The van der Waals surface area contributed by atoms with Crippen molar-refractivity contribution in [3.63, 3.8) is 0 Å². The Kier molecular flexibility index (Phi) is 8.76. The van der Waals surface area contributed by atoms with Gasteiger partial charge in [-0.05, 0) is 119 Å². The van der Waals surface area contributed by atoms with Gasteiger partial charge in [0.2, 0.25) is 0 Å². The molecule has 0 radical (unpaired) electrons. The predicted molar refractivity (Wildman–Crippen MR) is 289 cm³/mol. The molecule has 0 unspecified atom stereocenters. The van der Waals surface area contributed by atoms with Crippen molar-refractivity contribution < 1.29 is 0 Å². The van der Waals surface area contributed by atoms with Gasteiger partial charge in [-0.25, -0.2) is 0 Å². The Morgan fingerprint density at radius 3 is 1.41 bits per heavy atom. The van der Waals surface area contributed by atoms with Gasteiger partial charge in [0.1, 0.15) is 0 Å². The summed E-state index contributed by atoms with van der Waals surface area (Å²) >= 11 is 1.87. The summed E-state index contributed by atoms with van der Waals surface area (Å²) in [7, 11) is 0. The third-order valence-corrected chi connectivity index (χ3v) is 15.1. The van der Waals surface area contributed by atoms with Gasteiger partial charge in [-0.2, -0.15) is 0 Å². The second kappa shape index (κ2) is 15.5. The Balaban J connectivity index is 0.886. The van der Waals surface area contributed by atoms with Crippen LogP contribution in [-0.2, 0) is 0 Å². The number of thiophene rings is 1. The third kappa shape index (κ3) is 6.34. The fourth-order valence-electron chi connectivity index (χ4n) is 10.4. The molecule has 0 saturated carbocycles. The van der Waals surface area contributed by atoms with E-state index in [-0.39, 0.29) is 0 Å². The van der Waals surface area contributed by atoms with Crippen molar-refractivity contribution in [3.8, 4) is 67.0 Å². The van der Waals surface area contributed by atoms with Crippen LogP contribution in [0, 0.1) is 0 Å². The van der Waals surface area contributed by atoms with Gasteiger partial charge in [-0.3, -0.25) is 4.40 Å². The Morgan fingerprint density at radius 1 is 0.294 bits per heavy atom. The number of fused-ring (bicyclic) bond motifs is 11. The van der Waals surface area contributed by atoms with E-state index in [0.717, 1.165) is 33.5 Å². The zero-order valence-electron chi connectivity index (χ0n) is 36.8. The third-order valence-electron chi connectivity index (χ3n) is 13.9. The summed E-state index contributed by atoms with van der Waals surface area (Å²) in [5.74, 6) is 0.832. The summed E-state index contributed by atoms with van der Waals surface area (Å²) < 4.78 is 4.76. The zero-order valence-corrected chi connectivity index (χ0v) is 37.6. The van der Waals surface area contributed by atoms with E-state index in [0.29, 0.717) is 0 Å². The van der Waals surface area contributed by atoms with Crippen molar-refractivity contribution in [2.75, 3.05) is 0 Å². The van der Waals surface area contributed by atoms with Crippen molar-refractivity contribution in [2.24, 2.45) is 0 Å². The van der Waals surface area contributed by atoms with Crippen LogP contribution in [0.1, 0.15) is 0 Å². The van der Waals surface area contributed by atoms with Gasteiger partial charge >= 0.3 is 0 Å². The molecular weight excluding hydrogens is 843 g/mol. The van der Waals surface area contributed by atoms with Crippen molar-refractivity contribution in [2.45, 2.75) is 0 Å². The van der Waals surface area contributed by atoms with Crippen molar-refractivity contribution in [1.29, 1.82) is 0 Å². The number of nitrogens with zero attached hydrogens (tertiary/aromatic N) is 3. The highest BCUT2D eigenvalue weighted by atomic mass is 32.1. The van der Waals surface area contributed by atoms with Gasteiger partial charge in [-0.1, -0.05) is 194 Å². The molecule has 0 aliphatic rings. The predicted octanol–water partition coefficient (Wildman–Crippen LogP) is 17.7. The number of benzene rings is 11. The monoisotopic (exact) mass is 881 g/mol. The van der Waals surface area contributed by atoms with Gasteiger partial charge in [0, 0.05) is 42.1 Å². The highest BCUT2D eigenvalue weighted by Crippen LogP contribution is 2.45. The lowest BCUT2D eigenvalue weighted by molar-refractivity contribution is 1.12. The second-order valence-electron chi connectivity index (χ2n) is 17.8. The maximum Gasteiger partial charge on any atom is 0.169 e. The molecule has 0 atom stereocenters. The molecule has 0 amide bonds. The highest BCUT2D eigenvalue weighted by molar-refractivity contribution is 7.26. The minimum absolute atomic E-state index is 0.832. The first-order chi connectivity index (χ1) is 33.7. The van der Waals surface area contributed by atoms with Crippen LogP contribution in [0.2, 0.25) is 0 Å². The molecule has 68 heavy (non-hydrogen) atoms. The van der Waals surface area contributed by atoms with Crippen LogP contribution in [0.3, 0.4) is 0 Å². The molecule has 0 saturated heterocycles. The lowest BCUT2D eigenvalue weighted by Gasteiger charge is -2.12. The topological polar surface area (TPSA) is 30.2 Å². The van der Waals surface area contributed by atoms with E-state index in [4.69, 9.17) is 10.2 Å². The lowest BCUT2D eigenvalue weighted by Crippen LogP contribution is -1.94. The van der Waals surface area contributed by atoms with E-state index in [1.807, 2.05) is 11.3 Å². The molecular formula is C64H39N3S. The summed E-state index contributed by atoms with van der Waals surface area (Å²) in [4.78, 5) is 0. The number of para-hydroxylation sites is 1. The minimum atomic E-state index is 0.832. The molecule has 0 spiro atoms. The summed E-state index contributed by atoms with van der Waals surface area (Å²) in [6.45, 7) is 0. The number of pyridine rings is 1. The first-order valence-corrected chi connectivity index (χ1v) is 23.9. The summed E-state index contributed by atoms with van der Waals surface area (Å²) in [6, 6.07) is 86.4. The van der Waals surface area contributed by atoms with E-state index >= 15 is 0 Å². The first-order valence-electron chi connectivity index (χ1n) is 23.1. The molecule has 4 heteroatoms. The summed E-state index contributed by atoms with van der Waals surface area (Å²) in [6.07, 6.45) is 0. The smallest absolute Gasteiger partial charge is 0.169 e. The lowest BCUT2D eigenvalue weighted by atomic mass is 9.93. The number of rotatable bonds is 6. The highest BCUT2D eigenvalue weighted by Gasteiger charge is 2.18. The summed E-state index contributed by atoms with van der Waals surface area (Å²) in [5.41, 5.74) is 15.0. The van der Waals surface area contributed by atoms with E-state index in [9.17, 15) is 0 Å². The van der Waals surface area contributed by atoms with Crippen LogP contribution in [0.25, 0.3) is 136 Å². The Morgan fingerprint density at radius 2 is 0.765 bits per heavy atom. The average Bonchev–Trinajstić information content (AvgIpc) is 4.03. The van der Waals surface area contributed by atoms with Crippen LogP contribution >= 0.6 is 11.3 Å². The molecule has 0 bridgehead atoms. The molecule has 3 nitrogen and oxygen atoms in total. The normalized spacial score (nSPS) is 11.8. The maximum atomic E-state index is 4.82. The Hall–Kier alpha value is -8.70. The maximum absolute atomic E-state index is 4.82. The van der Waals surface area contributed by atoms with E-state index in [1.165, 1.54) is 103 Å². The molecule has 11 aromatic carbocycles. The fraction of sp³-hybridized carbons (Fsp3) is 0. The van der Waals surface area contributed by atoms with Gasteiger partial charge in [0.05, 0.1) is 5.52 Å². The molecule has 14 aromatic rings. The molecule has 0 aliphatic heterocycles. The molecule has 3 heterocycles. The van der Waals surface area contributed by atoms with Gasteiger partial charge in [-0.15, -0.1) is 21.5 Å². The van der Waals surface area contributed by atoms with E-state index in [2.05, 4.69) is 241 Å². The first kappa shape index (κ1) is 38.6. The van der Waals surface area contributed by atoms with Crippen LogP contribution < -0.4 is 0 Å². The largest absolute Gasteiger partial charge is 0.274 e. The Labute approximate surface area is 396 Å². The average molecular weight is 882 g/mol. The fourth-order valence-corrected chi connectivity index (χ4v) is 11.6. The van der Waals surface area contributed by atoms with Crippen LogP contribution in [0.4, 0.5) is 0 Å². The van der Waals surface area contributed by atoms with Crippen LogP contribution in [0.15, 0.2) is 237 Å². The Bertz CT molecular complexity index is 4290. The molecule has 0 fully saturated rings. The second-order valence-corrected chi connectivity index (χ2v) is 18.9. The molecule has 0 N–H and O–H groups in total. The van der Waals surface area contributed by atoms with E-state index in [1.54, 1.807) is 0 Å². The van der Waals surface area contributed by atoms with E-state index < -0.39 is 0 Å². The zero-order chi connectivity index (χ0) is 44.7. The quantitative estimate of drug-likeness (QED) is 0.156. The van der Waals surface area contributed by atoms with Crippen LogP contribution in [-0.4, -0.2) is 14.6 Å². The number of hydrogen-bond donors (Lipinski definition) is 0. The summed E-state index contributed by atoms with van der Waals surface area (Å²) in [5, 5.41) is 20.6. The van der Waals surface area contributed by atoms with Crippen molar-refractivity contribution >= 4 is 80.4 Å². The number of aromatic nitrogens is 3. The molecule has 0 aliphatic carbocycles. The van der Waals surface area contributed by atoms with Gasteiger partial charge in [0.15, 0.2) is 11.5 Å². The van der Waals surface area contributed by atoms with Crippen molar-refractivity contribution in [3.05, 3.63) is 237 Å². The molecule has 3 aromatic heterocycles. The molecule has 316 valence electrons. The number of hydrogen-bond acceptors (Lipinski definition) is 3. The minimum Gasteiger partial charge on any atom is -0.274 e. The van der Waals surface area contributed by atoms with Crippen LogP contribution in [0.5, 0.6) is 0 Å². The van der Waals surface area contributed by atoms with Gasteiger partial charge < -0.3 is 0 Å². The standard InChI is InChI=1S/C64H39N3S/c1-3-11-48-35-50(31-25-40(48)9-1)42-17-19-44(20-18-42)52-33-34-61-58(37-52)59-39-53(45-23-21-43(22-24-45)51-32-26-41-10-2-4-12-49(41)36-51)38-57(62(59)68-61)46-27-29-47(30-28-46)63-65-66-64-56-15-6-5-13-54(56)55-14-7-8-16-60(55)67(63)64/h1-39H.